The van der Waals surface area contributed by atoms with E-state index in [1.807, 2.05) is 39.0 Å². The van der Waals surface area contributed by atoms with E-state index in [4.69, 9.17) is 16.3 Å². The molecule has 2 aromatic carbocycles. The summed E-state index contributed by atoms with van der Waals surface area (Å²) in [5.41, 5.74) is 3.42. The molecule has 0 saturated heterocycles. The van der Waals surface area contributed by atoms with Crippen LogP contribution in [0.3, 0.4) is 0 Å². The third-order valence-corrected chi connectivity index (χ3v) is 6.28. The van der Waals surface area contributed by atoms with Crippen LogP contribution in [0.1, 0.15) is 36.6 Å². The normalized spacial score (nSPS) is 13.5. The standard InChI is InChI=1S/C21H27ClN2O4S/c1-13-7-8-14(2)18(11-13)15(3)23-21(25)16(4)24(29(6,26)27)17-9-10-20(28-5)19(22)12-17/h7-12,15-16H,1-6H3,(H,23,25)/t15-,16+/m1/s1. The first-order valence-corrected chi connectivity index (χ1v) is 11.4. The van der Waals surface area contributed by atoms with Crippen molar-refractivity contribution < 1.29 is 17.9 Å². The number of benzene rings is 2. The number of anilines is 1. The van der Waals surface area contributed by atoms with Crippen LogP contribution in [0.2, 0.25) is 5.02 Å². The van der Waals surface area contributed by atoms with E-state index in [-0.39, 0.29) is 11.1 Å². The lowest BCUT2D eigenvalue weighted by atomic mass is 10.00. The Morgan fingerprint density at radius 1 is 1.14 bits per heavy atom. The topological polar surface area (TPSA) is 75.7 Å². The zero-order chi connectivity index (χ0) is 21.9. The Morgan fingerprint density at radius 3 is 2.34 bits per heavy atom. The minimum absolute atomic E-state index is 0.259. The molecule has 6 nitrogen and oxygen atoms in total. The summed E-state index contributed by atoms with van der Waals surface area (Å²) in [6.45, 7) is 7.38. The molecule has 0 fully saturated rings. The summed E-state index contributed by atoms with van der Waals surface area (Å²) in [7, 11) is -2.27. The van der Waals surface area contributed by atoms with Gasteiger partial charge in [-0.05, 0) is 57.0 Å². The Bertz CT molecular complexity index is 1010. The van der Waals surface area contributed by atoms with Gasteiger partial charge in [0.1, 0.15) is 11.8 Å². The summed E-state index contributed by atoms with van der Waals surface area (Å²) in [6.07, 6.45) is 1.06. The Balaban J connectivity index is 2.32. The largest absolute Gasteiger partial charge is 0.495 e. The number of carbonyl (C=O) groups is 1. The highest BCUT2D eigenvalue weighted by Gasteiger charge is 2.30. The van der Waals surface area contributed by atoms with E-state index in [2.05, 4.69) is 5.32 Å². The predicted octanol–water partition coefficient (Wildman–Crippen LogP) is 4.00. The number of aryl methyl sites for hydroxylation is 2. The second-order valence-electron chi connectivity index (χ2n) is 7.14. The molecule has 0 heterocycles. The third-order valence-electron chi connectivity index (χ3n) is 4.74. The van der Waals surface area contributed by atoms with Gasteiger partial charge in [-0.2, -0.15) is 0 Å². The molecule has 0 radical (unpaired) electrons. The van der Waals surface area contributed by atoms with E-state index in [0.717, 1.165) is 27.3 Å². The maximum atomic E-state index is 12.9. The van der Waals surface area contributed by atoms with Gasteiger partial charge in [-0.1, -0.05) is 35.4 Å². The summed E-state index contributed by atoms with van der Waals surface area (Å²) >= 11 is 6.16. The van der Waals surface area contributed by atoms with E-state index in [9.17, 15) is 13.2 Å². The van der Waals surface area contributed by atoms with Crippen molar-refractivity contribution in [2.75, 3.05) is 17.7 Å². The molecule has 0 saturated carbocycles. The molecule has 1 amide bonds. The fourth-order valence-electron chi connectivity index (χ4n) is 3.24. The molecule has 29 heavy (non-hydrogen) atoms. The molecule has 2 aromatic rings. The van der Waals surface area contributed by atoms with Crippen molar-refractivity contribution in [1.29, 1.82) is 0 Å². The molecule has 2 rings (SSSR count). The molecule has 0 aliphatic rings. The smallest absolute Gasteiger partial charge is 0.244 e. The molecule has 0 aliphatic carbocycles. The predicted molar refractivity (Wildman–Crippen MR) is 117 cm³/mol. The van der Waals surface area contributed by atoms with Gasteiger partial charge in [-0.25, -0.2) is 8.42 Å². The number of sulfonamides is 1. The van der Waals surface area contributed by atoms with Gasteiger partial charge in [0.05, 0.1) is 30.1 Å². The van der Waals surface area contributed by atoms with Crippen molar-refractivity contribution in [1.82, 2.24) is 5.32 Å². The van der Waals surface area contributed by atoms with Crippen molar-refractivity contribution in [2.45, 2.75) is 39.8 Å². The molecule has 0 bridgehead atoms. The van der Waals surface area contributed by atoms with Crippen LogP contribution in [0.5, 0.6) is 5.75 Å². The number of carbonyl (C=O) groups excluding carboxylic acids is 1. The molecule has 0 aromatic heterocycles. The second kappa shape index (κ2) is 9.05. The number of ether oxygens (including phenoxy) is 1. The lowest BCUT2D eigenvalue weighted by Gasteiger charge is -2.30. The van der Waals surface area contributed by atoms with Crippen molar-refractivity contribution in [3.8, 4) is 5.75 Å². The molecular weight excluding hydrogens is 412 g/mol. The zero-order valence-electron chi connectivity index (χ0n) is 17.5. The van der Waals surface area contributed by atoms with Gasteiger partial charge in [-0.3, -0.25) is 9.10 Å². The first kappa shape index (κ1) is 23.0. The maximum Gasteiger partial charge on any atom is 0.244 e. The van der Waals surface area contributed by atoms with Crippen LogP contribution >= 0.6 is 11.6 Å². The number of amides is 1. The lowest BCUT2D eigenvalue weighted by molar-refractivity contribution is -0.122. The molecule has 1 N–H and O–H groups in total. The van der Waals surface area contributed by atoms with Gasteiger partial charge in [0.2, 0.25) is 15.9 Å². The van der Waals surface area contributed by atoms with Crippen molar-refractivity contribution in [3.63, 3.8) is 0 Å². The van der Waals surface area contributed by atoms with Crippen molar-refractivity contribution in [3.05, 3.63) is 58.1 Å². The van der Waals surface area contributed by atoms with E-state index in [0.29, 0.717) is 11.4 Å². The van der Waals surface area contributed by atoms with Crippen LogP contribution in [-0.4, -0.2) is 33.7 Å². The Kier molecular flexibility index (Phi) is 7.19. The summed E-state index contributed by atoms with van der Waals surface area (Å²) in [5, 5.41) is 3.18. The molecule has 0 spiro atoms. The number of nitrogens with zero attached hydrogens (tertiary/aromatic N) is 1. The molecular formula is C21H27ClN2O4S. The van der Waals surface area contributed by atoms with Crippen LogP contribution in [0, 0.1) is 13.8 Å². The van der Waals surface area contributed by atoms with E-state index in [1.165, 1.54) is 13.2 Å². The lowest BCUT2D eigenvalue weighted by Crippen LogP contribution is -2.48. The summed E-state index contributed by atoms with van der Waals surface area (Å²) < 4.78 is 31.1. The van der Waals surface area contributed by atoms with Crippen LogP contribution in [0.15, 0.2) is 36.4 Å². The SMILES string of the molecule is COc1ccc(N([C@@H](C)C(=O)N[C@H](C)c2cc(C)ccc2C)S(C)(=O)=O)cc1Cl. The second-order valence-corrected chi connectivity index (χ2v) is 9.41. The van der Waals surface area contributed by atoms with Crippen LogP contribution < -0.4 is 14.4 Å². The molecule has 0 unspecified atom stereocenters. The molecule has 2 atom stereocenters. The van der Waals surface area contributed by atoms with Crippen molar-refractivity contribution >= 4 is 33.2 Å². The summed E-state index contributed by atoms with van der Waals surface area (Å²) in [6, 6.07) is 9.38. The number of rotatable bonds is 7. The zero-order valence-corrected chi connectivity index (χ0v) is 19.1. The van der Waals surface area contributed by atoms with Crippen LogP contribution in [-0.2, 0) is 14.8 Å². The molecule has 158 valence electrons. The van der Waals surface area contributed by atoms with E-state index in [1.54, 1.807) is 19.1 Å². The van der Waals surface area contributed by atoms with Gasteiger partial charge in [0.25, 0.3) is 0 Å². The number of nitrogens with one attached hydrogen (secondary N) is 1. The van der Waals surface area contributed by atoms with Gasteiger partial charge in [0, 0.05) is 0 Å². The van der Waals surface area contributed by atoms with Crippen molar-refractivity contribution in [2.24, 2.45) is 0 Å². The monoisotopic (exact) mass is 438 g/mol. The summed E-state index contributed by atoms with van der Waals surface area (Å²) in [5.74, 6) is 0.0142. The number of methoxy groups -OCH3 is 1. The van der Waals surface area contributed by atoms with E-state index >= 15 is 0 Å². The Morgan fingerprint density at radius 2 is 1.79 bits per heavy atom. The number of hydrogen-bond donors (Lipinski definition) is 1. The highest BCUT2D eigenvalue weighted by molar-refractivity contribution is 7.92. The van der Waals surface area contributed by atoms with Gasteiger partial charge in [0.15, 0.2) is 0 Å². The van der Waals surface area contributed by atoms with Crippen LogP contribution in [0.4, 0.5) is 5.69 Å². The minimum Gasteiger partial charge on any atom is -0.495 e. The minimum atomic E-state index is -3.74. The maximum absolute atomic E-state index is 12.9. The third kappa shape index (κ3) is 5.42. The molecule has 0 aliphatic heterocycles. The Hall–Kier alpha value is -2.25. The fraction of sp³-hybridized carbons (Fsp3) is 0.381. The quantitative estimate of drug-likeness (QED) is 0.708. The fourth-order valence-corrected chi connectivity index (χ4v) is 4.66. The number of hydrogen-bond acceptors (Lipinski definition) is 4. The summed E-state index contributed by atoms with van der Waals surface area (Å²) in [4.78, 5) is 12.9. The van der Waals surface area contributed by atoms with Gasteiger partial charge in [-0.15, -0.1) is 0 Å². The highest BCUT2D eigenvalue weighted by atomic mass is 35.5. The average Bonchev–Trinajstić information content (AvgIpc) is 2.62. The van der Waals surface area contributed by atoms with Crippen LogP contribution in [0.25, 0.3) is 0 Å². The molecule has 8 heteroatoms. The Labute approximate surface area is 177 Å². The van der Waals surface area contributed by atoms with Gasteiger partial charge < -0.3 is 10.1 Å². The number of halogens is 1. The first-order valence-electron chi connectivity index (χ1n) is 9.16. The average molecular weight is 439 g/mol. The van der Waals surface area contributed by atoms with Gasteiger partial charge >= 0.3 is 0 Å². The highest BCUT2D eigenvalue weighted by Crippen LogP contribution is 2.31. The first-order chi connectivity index (χ1) is 13.5. The van der Waals surface area contributed by atoms with E-state index < -0.39 is 22.0 Å².